The summed E-state index contributed by atoms with van der Waals surface area (Å²) in [6, 6.07) is 8.43. The molecule has 2 aromatic rings. The van der Waals surface area contributed by atoms with Crippen molar-refractivity contribution in [3.8, 4) is 0 Å². The molecule has 2 fully saturated rings. The van der Waals surface area contributed by atoms with Crippen LogP contribution >= 0.6 is 0 Å². The summed E-state index contributed by atoms with van der Waals surface area (Å²) in [5, 5.41) is 3.75. The minimum atomic E-state index is -3.35. The SMILES string of the molecule is Cc1cc(C2CCCN2C(=O)c2cccc(NS(=O)(=O)C3CC3)c2)no1. The van der Waals surface area contributed by atoms with Gasteiger partial charge in [0.15, 0.2) is 0 Å². The number of anilines is 1. The average molecular weight is 375 g/mol. The standard InChI is InChI=1S/C18H21N3O4S/c1-12-10-16(19-25-12)17-6-3-9-21(17)18(22)13-4-2-5-14(11-13)20-26(23,24)15-7-8-15/h2,4-5,10-11,15,17,20H,3,6-9H2,1H3. The monoisotopic (exact) mass is 375 g/mol. The number of hydrogen-bond donors (Lipinski definition) is 1. The smallest absolute Gasteiger partial charge is 0.254 e. The maximum atomic E-state index is 13.0. The van der Waals surface area contributed by atoms with E-state index in [2.05, 4.69) is 9.88 Å². The van der Waals surface area contributed by atoms with Gasteiger partial charge in [0, 0.05) is 23.9 Å². The molecule has 7 nitrogen and oxygen atoms in total. The number of nitrogens with one attached hydrogen (secondary N) is 1. The number of nitrogens with zero attached hydrogens (tertiary/aromatic N) is 2. The number of aromatic nitrogens is 1. The van der Waals surface area contributed by atoms with Gasteiger partial charge < -0.3 is 9.42 Å². The molecule has 2 heterocycles. The van der Waals surface area contributed by atoms with Gasteiger partial charge in [-0.1, -0.05) is 11.2 Å². The molecule has 0 bridgehead atoms. The lowest BCUT2D eigenvalue weighted by Crippen LogP contribution is -2.30. The summed E-state index contributed by atoms with van der Waals surface area (Å²) < 4.78 is 32.0. The second kappa shape index (κ2) is 6.42. The van der Waals surface area contributed by atoms with Gasteiger partial charge in [0.05, 0.1) is 11.3 Å². The first-order valence-electron chi connectivity index (χ1n) is 8.80. The highest BCUT2D eigenvalue weighted by Gasteiger charge is 2.36. The summed E-state index contributed by atoms with van der Waals surface area (Å²) in [6.07, 6.45) is 3.13. The first-order chi connectivity index (χ1) is 12.4. The van der Waals surface area contributed by atoms with Crippen molar-refractivity contribution in [1.82, 2.24) is 10.1 Å². The third-order valence-electron chi connectivity index (χ3n) is 4.83. The molecule has 1 aromatic heterocycles. The van der Waals surface area contributed by atoms with E-state index in [0.29, 0.717) is 30.6 Å². The number of carbonyl (C=O) groups excluding carboxylic acids is 1. The highest BCUT2D eigenvalue weighted by molar-refractivity contribution is 7.93. The highest BCUT2D eigenvalue weighted by atomic mass is 32.2. The minimum absolute atomic E-state index is 0.105. The van der Waals surface area contributed by atoms with Crippen molar-refractivity contribution in [3.63, 3.8) is 0 Å². The zero-order chi connectivity index (χ0) is 18.3. The number of carbonyl (C=O) groups is 1. The number of benzene rings is 1. The second-order valence-corrected chi connectivity index (χ2v) is 8.91. The van der Waals surface area contributed by atoms with E-state index >= 15 is 0 Å². The van der Waals surface area contributed by atoms with Crippen LogP contribution in [-0.2, 0) is 10.0 Å². The van der Waals surface area contributed by atoms with Crippen molar-refractivity contribution < 1.29 is 17.7 Å². The fourth-order valence-corrected chi connectivity index (χ4v) is 4.75. The molecule has 1 aliphatic heterocycles. The zero-order valence-corrected chi connectivity index (χ0v) is 15.3. The Kier molecular flexibility index (Phi) is 4.22. The van der Waals surface area contributed by atoms with Gasteiger partial charge >= 0.3 is 0 Å². The topological polar surface area (TPSA) is 92.5 Å². The lowest BCUT2D eigenvalue weighted by molar-refractivity contribution is 0.0731. The van der Waals surface area contributed by atoms with Gasteiger partial charge in [0.1, 0.15) is 11.5 Å². The average Bonchev–Trinajstić information content (AvgIpc) is 3.22. The van der Waals surface area contributed by atoms with Crippen molar-refractivity contribution in [1.29, 1.82) is 0 Å². The van der Waals surface area contributed by atoms with Crippen molar-refractivity contribution in [2.45, 2.75) is 43.9 Å². The second-order valence-electron chi connectivity index (χ2n) is 6.95. The lowest BCUT2D eigenvalue weighted by atomic mass is 10.1. The molecule has 2 aliphatic rings. The van der Waals surface area contributed by atoms with Crippen molar-refractivity contribution in [2.24, 2.45) is 0 Å². The molecule has 4 rings (SSSR count). The lowest BCUT2D eigenvalue weighted by Gasteiger charge is -2.23. The highest BCUT2D eigenvalue weighted by Crippen LogP contribution is 2.33. The summed E-state index contributed by atoms with van der Waals surface area (Å²) in [6.45, 7) is 2.47. The van der Waals surface area contributed by atoms with Crippen LogP contribution in [0.4, 0.5) is 5.69 Å². The summed E-state index contributed by atoms with van der Waals surface area (Å²) in [5.74, 6) is 0.594. The Balaban J connectivity index is 1.55. The molecular weight excluding hydrogens is 354 g/mol. The van der Waals surface area contributed by atoms with E-state index in [9.17, 15) is 13.2 Å². The van der Waals surface area contributed by atoms with Crippen molar-refractivity contribution in [2.75, 3.05) is 11.3 Å². The Labute approximate surface area is 152 Å². The van der Waals surface area contributed by atoms with E-state index in [1.165, 1.54) is 0 Å². The Morgan fingerprint density at radius 2 is 2.08 bits per heavy atom. The van der Waals surface area contributed by atoms with Gasteiger partial charge in [-0.3, -0.25) is 9.52 Å². The molecule has 1 saturated carbocycles. The van der Waals surface area contributed by atoms with Gasteiger partial charge in [-0.05, 0) is 50.8 Å². The first kappa shape index (κ1) is 17.1. The maximum absolute atomic E-state index is 13.0. The largest absolute Gasteiger partial charge is 0.361 e. The number of likely N-dealkylation sites (tertiary alicyclic amines) is 1. The number of aryl methyl sites for hydroxylation is 1. The Morgan fingerprint density at radius 3 is 2.77 bits per heavy atom. The molecular formula is C18H21N3O4S. The molecule has 26 heavy (non-hydrogen) atoms. The maximum Gasteiger partial charge on any atom is 0.254 e. The number of amides is 1. The first-order valence-corrected chi connectivity index (χ1v) is 10.3. The van der Waals surface area contributed by atoms with Crippen LogP contribution in [0.2, 0.25) is 0 Å². The fraction of sp³-hybridized carbons (Fsp3) is 0.444. The normalized spacial score (nSPS) is 20.3. The van der Waals surface area contributed by atoms with E-state index in [0.717, 1.165) is 24.3 Å². The van der Waals surface area contributed by atoms with E-state index < -0.39 is 10.0 Å². The van der Waals surface area contributed by atoms with Gasteiger partial charge in [-0.15, -0.1) is 0 Å². The van der Waals surface area contributed by atoms with Gasteiger partial charge in [-0.25, -0.2) is 8.42 Å². The fourth-order valence-electron chi connectivity index (χ4n) is 3.37. The number of sulfonamides is 1. The zero-order valence-electron chi connectivity index (χ0n) is 14.5. The molecule has 1 aromatic carbocycles. The predicted molar refractivity (Wildman–Crippen MR) is 96.3 cm³/mol. The van der Waals surface area contributed by atoms with E-state index in [1.807, 2.05) is 13.0 Å². The molecule has 1 unspecified atom stereocenters. The van der Waals surface area contributed by atoms with Crippen LogP contribution in [0, 0.1) is 6.92 Å². The van der Waals surface area contributed by atoms with Crippen LogP contribution in [0.1, 0.15) is 53.5 Å². The molecule has 138 valence electrons. The van der Waals surface area contributed by atoms with Crippen LogP contribution in [-0.4, -0.2) is 36.2 Å². The van der Waals surface area contributed by atoms with Gasteiger partial charge in [0.2, 0.25) is 10.0 Å². The third kappa shape index (κ3) is 3.33. The van der Waals surface area contributed by atoms with Crippen molar-refractivity contribution in [3.05, 3.63) is 47.3 Å². The van der Waals surface area contributed by atoms with Crippen LogP contribution in [0.3, 0.4) is 0 Å². The number of hydrogen-bond acceptors (Lipinski definition) is 5. The van der Waals surface area contributed by atoms with Crippen molar-refractivity contribution >= 4 is 21.6 Å². The van der Waals surface area contributed by atoms with Crippen LogP contribution in [0.25, 0.3) is 0 Å². The van der Waals surface area contributed by atoms with E-state index in [-0.39, 0.29) is 17.2 Å². The summed E-state index contributed by atoms with van der Waals surface area (Å²) >= 11 is 0. The molecule has 0 radical (unpaired) electrons. The van der Waals surface area contributed by atoms with Crippen LogP contribution in [0.15, 0.2) is 34.9 Å². The van der Waals surface area contributed by atoms with Gasteiger partial charge in [0.25, 0.3) is 5.91 Å². The summed E-state index contributed by atoms with van der Waals surface area (Å²) in [7, 11) is -3.35. The third-order valence-corrected chi connectivity index (χ3v) is 6.70. The number of rotatable bonds is 5. The molecule has 1 amide bonds. The Hall–Kier alpha value is -2.35. The molecule has 8 heteroatoms. The predicted octanol–water partition coefficient (Wildman–Crippen LogP) is 2.86. The quantitative estimate of drug-likeness (QED) is 0.867. The minimum Gasteiger partial charge on any atom is -0.361 e. The molecule has 1 N–H and O–H groups in total. The Morgan fingerprint density at radius 1 is 1.27 bits per heavy atom. The van der Waals surface area contributed by atoms with Crippen LogP contribution < -0.4 is 4.72 Å². The summed E-state index contributed by atoms with van der Waals surface area (Å²) in [5.41, 5.74) is 1.66. The molecule has 1 atom stereocenters. The van der Waals surface area contributed by atoms with Gasteiger partial charge in [-0.2, -0.15) is 0 Å². The molecule has 1 saturated heterocycles. The molecule has 0 spiro atoms. The van der Waals surface area contributed by atoms with Crippen LogP contribution in [0.5, 0.6) is 0 Å². The van der Waals surface area contributed by atoms with E-state index in [4.69, 9.17) is 4.52 Å². The summed E-state index contributed by atoms with van der Waals surface area (Å²) in [4.78, 5) is 14.8. The van der Waals surface area contributed by atoms with E-state index in [1.54, 1.807) is 29.2 Å². The Bertz CT molecular complexity index is 933. The molecule has 1 aliphatic carbocycles.